The molecule has 1 aliphatic carbocycles. The second kappa shape index (κ2) is 6.78. The zero-order valence-corrected chi connectivity index (χ0v) is 13.6. The van der Waals surface area contributed by atoms with Crippen LogP contribution in [0.15, 0.2) is 30.5 Å². The Morgan fingerprint density at radius 2 is 1.92 bits per heavy atom. The van der Waals surface area contributed by atoms with Gasteiger partial charge in [0.1, 0.15) is 11.5 Å². The molecule has 1 aliphatic rings. The number of anilines is 1. The van der Waals surface area contributed by atoms with Crippen LogP contribution in [0.3, 0.4) is 0 Å². The number of rotatable bonds is 3. The fourth-order valence-corrected chi connectivity index (χ4v) is 3.04. The van der Waals surface area contributed by atoms with Crippen molar-refractivity contribution < 1.29 is 18.0 Å². The molecule has 0 spiro atoms. The Balaban J connectivity index is 2.02. The highest BCUT2D eigenvalue weighted by molar-refractivity contribution is 6.04. The van der Waals surface area contributed by atoms with Crippen LogP contribution < -0.4 is 4.90 Å². The van der Waals surface area contributed by atoms with Crippen LogP contribution in [0, 0.1) is 6.92 Å². The lowest BCUT2D eigenvalue weighted by Crippen LogP contribution is -2.40. The van der Waals surface area contributed by atoms with Crippen molar-refractivity contribution in [2.45, 2.75) is 44.8 Å². The fourth-order valence-electron chi connectivity index (χ4n) is 3.04. The van der Waals surface area contributed by atoms with Crippen LogP contribution in [0.25, 0.3) is 0 Å². The van der Waals surface area contributed by atoms with E-state index in [2.05, 4.69) is 15.0 Å². The molecule has 3 rings (SSSR count). The van der Waals surface area contributed by atoms with Gasteiger partial charge in [-0.1, -0.05) is 18.9 Å². The predicted octanol–water partition coefficient (Wildman–Crippen LogP) is 3.79. The molecule has 5 nitrogen and oxygen atoms in total. The van der Waals surface area contributed by atoms with Gasteiger partial charge in [0.05, 0.1) is 0 Å². The van der Waals surface area contributed by atoms with E-state index < -0.39 is 17.9 Å². The number of carbonyl (C=O) groups excluding carboxylic acids is 1. The van der Waals surface area contributed by atoms with Gasteiger partial charge in [0.25, 0.3) is 5.91 Å². The van der Waals surface area contributed by atoms with E-state index in [0.717, 1.165) is 25.7 Å². The lowest BCUT2D eigenvalue weighted by Gasteiger charge is -2.28. The quantitative estimate of drug-likeness (QED) is 0.845. The van der Waals surface area contributed by atoms with Crippen molar-refractivity contribution in [1.29, 1.82) is 0 Å². The molecule has 0 N–H and O–H groups in total. The van der Waals surface area contributed by atoms with Crippen LogP contribution >= 0.6 is 0 Å². The van der Waals surface area contributed by atoms with Crippen LogP contribution in [0.4, 0.5) is 19.0 Å². The topological polar surface area (TPSA) is 59.0 Å². The summed E-state index contributed by atoms with van der Waals surface area (Å²) in [6, 6.07) is 6.32. The highest BCUT2D eigenvalue weighted by Crippen LogP contribution is 2.30. The minimum atomic E-state index is -4.70. The maximum absolute atomic E-state index is 13.0. The van der Waals surface area contributed by atoms with Crippen LogP contribution in [0.2, 0.25) is 0 Å². The lowest BCUT2D eigenvalue weighted by atomic mass is 10.1. The first-order valence-corrected chi connectivity index (χ1v) is 8.04. The summed E-state index contributed by atoms with van der Waals surface area (Å²) in [5.41, 5.74) is -0.171. The Morgan fingerprint density at radius 3 is 2.52 bits per heavy atom. The number of halogens is 3. The smallest absolute Gasteiger partial charge is 0.288 e. The number of carbonyl (C=O) groups is 1. The normalized spacial score (nSPS) is 15.4. The van der Waals surface area contributed by atoms with Gasteiger partial charge in [-0.15, -0.1) is 0 Å². The third-order valence-electron chi connectivity index (χ3n) is 4.13. The Hall–Kier alpha value is -2.51. The van der Waals surface area contributed by atoms with E-state index in [1.54, 1.807) is 24.4 Å². The number of amides is 1. The van der Waals surface area contributed by atoms with E-state index in [9.17, 15) is 18.0 Å². The molecule has 2 aromatic heterocycles. The molecular weight excluding hydrogens is 333 g/mol. The summed E-state index contributed by atoms with van der Waals surface area (Å²) < 4.78 is 38.9. The summed E-state index contributed by atoms with van der Waals surface area (Å²) in [7, 11) is 0. The zero-order chi connectivity index (χ0) is 18.0. The average molecular weight is 350 g/mol. The molecule has 0 bridgehead atoms. The summed E-state index contributed by atoms with van der Waals surface area (Å²) >= 11 is 0. The first kappa shape index (κ1) is 17.3. The largest absolute Gasteiger partial charge is 0.451 e. The van der Waals surface area contributed by atoms with Crippen LogP contribution in [0.5, 0.6) is 0 Å². The van der Waals surface area contributed by atoms with Crippen molar-refractivity contribution in [2.75, 3.05) is 4.90 Å². The number of hydrogen-bond donors (Lipinski definition) is 0. The van der Waals surface area contributed by atoms with E-state index in [4.69, 9.17) is 0 Å². The van der Waals surface area contributed by atoms with Gasteiger partial charge in [-0.2, -0.15) is 13.2 Å². The number of pyridine rings is 1. The fraction of sp³-hybridized carbons (Fsp3) is 0.412. The van der Waals surface area contributed by atoms with Gasteiger partial charge in [-0.25, -0.2) is 15.0 Å². The van der Waals surface area contributed by atoms with E-state index in [0.29, 0.717) is 5.82 Å². The molecule has 1 fully saturated rings. The standard InChI is InChI=1S/C17H17F3N4O/c1-11-10-13(23-16(22-11)17(18,19)20)15(25)24(12-6-2-3-7-12)14-8-4-5-9-21-14/h4-5,8-10,12H,2-3,6-7H2,1H3. The van der Waals surface area contributed by atoms with E-state index in [-0.39, 0.29) is 17.4 Å². The third kappa shape index (κ3) is 3.78. The van der Waals surface area contributed by atoms with Gasteiger partial charge >= 0.3 is 6.18 Å². The van der Waals surface area contributed by atoms with Gasteiger partial charge in [0, 0.05) is 17.9 Å². The van der Waals surface area contributed by atoms with Gasteiger partial charge < -0.3 is 0 Å². The molecular formula is C17H17F3N4O. The number of hydrogen-bond acceptors (Lipinski definition) is 4. The molecule has 0 atom stereocenters. The summed E-state index contributed by atoms with van der Waals surface area (Å²) in [5.74, 6) is -1.46. The van der Waals surface area contributed by atoms with Crippen molar-refractivity contribution in [3.05, 3.63) is 47.7 Å². The van der Waals surface area contributed by atoms with Crippen LogP contribution in [-0.2, 0) is 6.18 Å². The van der Waals surface area contributed by atoms with E-state index in [1.165, 1.54) is 17.9 Å². The van der Waals surface area contributed by atoms with Crippen LogP contribution in [0.1, 0.15) is 47.7 Å². The first-order valence-electron chi connectivity index (χ1n) is 8.04. The Labute approximate surface area is 142 Å². The van der Waals surface area contributed by atoms with Gasteiger partial charge in [0.15, 0.2) is 0 Å². The third-order valence-corrected chi connectivity index (χ3v) is 4.13. The molecule has 25 heavy (non-hydrogen) atoms. The molecule has 132 valence electrons. The monoisotopic (exact) mass is 350 g/mol. The molecule has 2 heterocycles. The van der Waals surface area contributed by atoms with Crippen molar-refractivity contribution >= 4 is 11.7 Å². The summed E-state index contributed by atoms with van der Waals surface area (Å²) in [6.45, 7) is 1.41. The number of nitrogens with zero attached hydrogens (tertiary/aromatic N) is 4. The maximum atomic E-state index is 13.0. The molecule has 0 saturated heterocycles. The Kier molecular flexibility index (Phi) is 4.69. The number of aryl methyl sites for hydroxylation is 1. The average Bonchev–Trinajstić information content (AvgIpc) is 3.09. The molecule has 0 aliphatic heterocycles. The van der Waals surface area contributed by atoms with Crippen molar-refractivity contribution in [3.8, 4) is 0 Å². The van der Waals surface area contributed by atoms with Gasteiger partial charge in [-0.3, -0.25) is 9.69 Å². The first-order chi connectivity index (χ1) is 11.9. The van der Waals surface area contributed by atoms with Crippen LogP contribution in [-0.4, -0.2) is 26.9 Å². The molecule has 2 aromatic rings. The Bertz CT molecular complexity index is 758. The molecule has 0 unspecified atom stereocenters. The number of alkyl halides is 3. The molecule has 1 amide bonds. The highest BCUT2D eigenvalue weighted by atomic mass is 19.4. The van der Waals surface area contributed by atoms with Crippen molar-refractivity contribution in [1.82, 2.24) is 15.0 Å². The highest BCUT2D eigenvalue weighted by Gasteiger charge is 2.37. The second-order valence-corrected chi connectivity index (χ2v) is 6.02. The zero-order valence-electron chi connectivity index (χ0n) is 13.6. The van der Waals surface area contributed by atoms with Gasteiger partial charge in [-0.05, 0) is 38.0 Å². The Morgan fingerprint density at radius 1 is 1.20 bits per heavy atom. The SMILES string of the molecule is Cc1cc(C(=O)N(c2ccccn2)C2CCCC2)nc(C(F)(F)F)n1. The second-order valence-electron chi connectivity index (χ2n) is 6.02. The van der Waals surface area contributed by atoms with E-state index in [1.807, 2.05) is 0 Å². The maximum Gasteiger partial charge on any atom is 0.451 e. The molecule has 1 saturated carbocycles. The van der Waals surface area contributed by atoms with Gasteiger partial charge in [0.2, 0.25) is 5.82 Å². The molecule has 0 radical (unpaired) electrons. The summed E-state index contributed by atoms with van der Waals surface area (Å²) in [5, 5.41) is 0. The minimum absolute atomic E-state index is 0.0907. The lowest BCUT2D eigenvalue weighted by molar-refractivity contribution is -0.145. The summed E-state index contributed by atoms with van der Waals surface area (Å²) in [6.07, 6.45) is 0.369. The minimum Gasteiger partial charge on any atom is -0.288 e. The predicted molar refractivity (Wildman–Crippen MR) is 85.1 cm³/mol. The number of aromatic nitrogens is 3. The van der Waals surface area contributed by atoms with Crippen molar-refractivity contribution in [3.63, 3.8) is 0 Å². The van der Waals surface area contributed by atoms with Crippen molar-refractivity contribution in [2.24, 2.45) is 0 Å². The molecule has 8 heteroatoms. The molecule has 0 aromatic carbocycles. The van der Waals surface area contributed by atoms with E-state index >= 15 is 0 Å². The summed E-state index contributed by atoms with van der Waals surface area (Å²) in [4.78, 5) is 25.5.